The molecule has 1 heterocycles. The van der Waals surface area contributed by atoms with Crippen LogP contribution in [0.1, 0.15) is 29.0 Å². The summed E-state index contributed by atoms with van der Waals surface area (Å²) in [5.74, 6) is -0.484. The molecule has 2 aromatic rings. The van der Waals surface area contributed by atoms with Crippen LogP contribution >= 0.6 is 11.6 Å². The Morgan fingerprint density at radius 1 is 1.38 bits per heavy atom. The van der Waals surface area contributed by atoms with Crippen LogP contribution in [0.15, 0.2) is 42.6 Å². The Bertz CT molecular complexity index is 676. The monoisotopic (exact) mass is 305 g/mol. The van der Waals surface area contributed by atoms with Gasteiger partial charge >= 0.3 is 0 Å². The predicted molar refractivity (Wildman–Crippen MR) is 78.2 cm³/mol. The molecule has 6 nitrogen and oxygen atoms in total. The summed E-state index contributed by atoms with van der Waals surface area (Å²) >= 11 is 5.93. The number of benzene rings is 1. The molecule has 0 spiro atoms. The molecule has 1 N–H and O–H groups in total. The lowest BCUT2D eigenvalue weighted by Crippen LogP contribution is -2.27. The zero-order valence-electron chi connectivity index (χ0n) is 11.1. The standard InChI is InChI=1S/C14H12ClN3O3/c1-9(13-4-2-3-7-16-13)17-14(19)11-8-10(18(20)21)5-6-12(11)15/h2-9H,1H3,(H,17,19). The molecular weight excluding hydrogens is 294 g/mol. The number of nitrogens with one attached hydrogen (secondary N) is 1. The van der Waals surface area contributed by atoms with E-state index in [2.05, 4.69) is 10.3 Å². The molecule has 0 bridgehead atoms. The van der Waals surface area contributed by atoms with E-state index in [0.717, 1.165) is 6.07 Å². The smallest absolute Gasteiger partial charge is 0.270 e. The third kappa shape index (κ3) is 3.55. The van der Waals surface area contributed by atoms with Crippen LogP contribution in [0.5, 0.6) is 0 Å². The zero-order chi connectivity index (χ0) is 15.4. The molecule has 1 atom stereocenters. The van der Waals surface area contributed by atoms with E-state index in [1.165, 1.54) is 12.1 Å². The quantitative estimate of drug-likeness (QED) is 0.694. The van der Waals surface area contributed by atoms with Gasteiger partial charge in [-0.1, -0.05) is 17.7 Å². The molecular formula is C14H12ClN3O3. The summed E-state index contributed by atoms with van der Waals surface area (Å²) in [6.45, 7) is 1.77. The Kier molecular flexibility index (Phi) is 4.49. The van der Waals surface area contributed by atoms with Crippen molar-refractivity contribution in [3.05, 3.63) is 69.0 Å². The number of nitro benzene ring substituents is 1. The molecule has 0 saturated carbocycles. The number of rotatable bonds is 4. The molecule has 0 saturated heterocycles. The summed E-state index contributed by atoms with van der Waals surface area (Å²) in [5, 5.41) is 13.6. The minimum atomic E-state index is -0.574. The average Bonchev–Trinajstić information content (AvgIpc) is 2.48. The van der Waals surface area contributed by atoms with Gasteiger partial charge in [0.2, 0.25) is 0 Å². The Labute approximate surface area is 125 Å². The van der Waals surface area contributed by atoms with Crippen molar-refractivity contribution in [2.75, 3.05) is 0 Å². The number of non-ortho nitro benzene ring substituents is 1. The Balaban J connectivity index is 2.21. The van der Waals surface area contributed by atoms with Crippen LogP contribution < -0.4 is 5.32 Å². The van der Waals surface area contributed by atoms with Crippen LogP contribution in [0.25, 0.3) is 0 Å². The molecule has 2 rings (SSSR count). The van der Waals surface area contributed by atoms with E-state index in [9.17, 15) is 14.9 Å². The number of carbonyl (C=O) groups is 1. The van der Waals surface area contributed by atoms with Crippen LogP contribution in [-0.4, -0.2) is 15.8 Å². The first-order valence-electron chi connectivity index (χ1n) is 6.15. The summed E-state index contributed by atoms with van der Waals surface area (Å²) in [6.07, 6.45) is 1.62. The molecule has 108 valence electrons. The van der Waals surface area contributed by atoms with Crippen molar-refractivity contribution in [2.24, 2.45) is 0 Å². The molecule has 0 aliphatic rings. The Morgan fingerprint density at radius 2 is 2.14 bits per heavy atom. The van der Waals surface area contributed by atoms with Crippen molar-refractivity contribution >= 4 is 23.2 Å². The van der Waals surface area contributed by atoms with Crippen molar-refractivity contribution in [3.63, 3.8) is 0 Å². The van der Waals surface area contributed by atoms with Gasteiger partial charge in [0.1, 0.15) is 0 Å². The molecule has 1 aromatic carbocycles. The molecule has 1 aromatic heterocycles. The number of amides is 1. The van der Waals surface area contributed by atoms with E-state index in [0.29, 0.717) is 5.69 Å². The van der Waals surface area contributed by atoms with Crippen LogP contribution in [-0.2, 0) is 0 Å². The van der Waals surface area contributed by atoms with E-state index in [-0.39, 0.29) is 22.3 Å². The van der Waals surface area contributed by atoms with Crippen molar-refractivity contribution in [1.29, 1.82) is 0 Å². The molecule has 7 heteroatoms. The summed E-state index contributed by atoms with van der Waals surface area (Å²) in [5.41, 5.74) is 0.566. The van der Waals surface area contributed by atoms with Crippen molar-refractivity contribution in [3.8, 4) is 0 Å². The number of hydrogen-bond acceptors (Lipinski definition) is 4. The maximum atomic E-state index is 12.2. The van der Waals surface area contributed by atoms with Crippen LogP contribution in [0.2, 0.25) is 5.02 Å². The Hall–Kier alpha value is -2.47. The fourth-order valence-electron chi connectivity index (χ4n) is 1.78. The molecule has 0 fully saturated rings. The third-order valence-corrected chi connectivity index (χ3v) is 3.21. The van der Waals surface area contributed by atoms with E-state index in [4.69, 9.17) is 11.6 Å². The van der Waals surface area contributed by atoms with Gasteiger partial charge in [0.25, 0.3) is 11.6 Å². The second-order valence-electron chi connectivity index (χ2n) is 4.37. The van der Waals surface area contributed by atoms with E-state index in [1.807, 2.05) is 6.07 Å². The highest BCUT2D eigenvalue weighted by Crippen LogP contribution is 2.22. The second kappa shape index (κ2) is 6.32. The molecule has 0 aliphatic carbocycles. The van der Waals surface area contributed by atoms with E-state index >= 15 is 0 Å². The van der Waals surface area contributed by atoms with Crippen molar-refractivity contribution in [1.82, 2.24) is 10.3 Å². The SMILES string of the molecule is CC(NC(=O)c1cc([N+](=O)[O-])ccc1Cl)c1ccccn1. The van der Waals surface area contributed by atoms with Gasteiger partial charge in [-0.15, -0.1) is 0 Å². The lowest BCUT2D eigenvalue weighted by molar-refractivity contribution is -0.384. The minimum Gasteiger partial charge on any atom is -0.344 e. The second-order valence-corrected chi connectivity index (χ2v) is 4.78. The van der Waals surface area contributed by atoms with Gasteiger partial charge in [0, 0.05) is 18.3 Å². The first kappa shape index (κ1) is 14.9. The van der Waals surface area contributed by atoms with Crippen LogP contribution in [0.3, 0.4) is 0 Å². The molecule has 1 amide bonds. The van der Waals surface area contributed by atoms with Crippen LogP contribution in [0, 0.1) is 10.1 Å². The highest BCUT2D eigenvalue weighted by atomic mass is 35.5. The fraction of sp³-hybridized carbons (Fsp3) is 0.143. The van der Waals surface area contributed by atoms with E-state index < -0.39 is 10.8 Å². The molecule has 0 aliphatic heterocycles. The van der Waals surface area contributed by atoms with Gasteiger partial charge in [-0.05, 0) is 25.1 Å². The van der Waals surface area contributed by atoms with Crippen molar-refractivity contribution < 1.29 is 9.72 Å². The predicted octanol–water partition coefficient (Wildman–Crippen LogP) is 3.13. The number of nitro groups is 1. The summed E-state index contributed by atoms with van der Waals surface area (Å²) in [6, 6.07) is 8.76. The summed E-state index contributed by atoms with van der Waals surface area (Å²) in [7, 11) is 0. The number of nitrogens with zero attached hydrogens (tertiary/aromatic N) is 2. The first-order valence-corrected chi connectivity index (χ1v) is 6.52. The first-order chi connectivity index (χ1) is 9.99. The van der Waals surface area contributed by atoms with Crippen molar-refractivity contribution in [2.45, 2.75) is 13.0 Å². The van der Waals surface area contributed by atoms with Crippen LogP contribution in [0.4, 0.5) is 5.69 Å². The molecule has 0 radical (unpaired) electrons. The average molecular weight is 306 g/mol. The van der Waals surface area contributed by atoms with Gasteiger partial charge < -0.3 is 5.32 Å². The largest absolute Gasteiger partial charge is 0.344 e. The topological polar surface area (TPSA) is 85.1 Å². The zero-order valence-corrected chi connectivity index (χ0v) is 11.9. The number of hydrogen-bond donors (Lipinski definition) is 1. The Morgan fingerprint density at radius 3 is 2.76 bits per heavy atom. The van der Waals surface area contributed by atoms with E-state index in [1.54, 1.807) is 25.3 Å². The molecule has 1 unspecified atom stereocenters. The number of pyridine rings is 1. The highest BCUT2D eigenvalue weighted by Gasteiger charge is 2.18. The number of carbonyl (C=O) groups excluding carboxylic acids is 1. The van der Waals surface area contributed by atoms with Gasteiger partial charge in [-0.25, -0.2) is 0 Å². The lowest BCUT2D eigenvalue weighted by Gasteiger charge is -2.13. The highest BCUT2D eigenvalue weighted by molar-refractivity contribution is 6.33. The minimum absolute atomic E-state index is 0.0636. The van der Waals surface area contributed by atoms with Gasteiger partial charge in [-0.3, -0.25) is 19.9 Å². The third-order valence-electron chi connectivity index (χ3n) is 2.88. The normalized spacial score (nSPS) is 11.7. The summed E-state index contributed by atoms with van der Waals surface area (Å²) in [4.78, 5) is 26.5. The van der Waals surface area contributed by atoms with Gasteiger partial charge in [0.15, 0.2) is 0 Å². The number of halogens is 1. The lowest BCUT2D eigenvalue weighted by atomic mass is 10.1. The maximum absolute atomic E-state index is 12.2. The molecule has 21 heavy (non-hydrogen) atoms. The number of aromatic nitrogens is 1. The van der Waals surface area contributed by atoms with Gasteiger partial charge in [-0.2, -0.15) is 0 Å². The van der Waals surface area contributed by atoms with Gasteiger partial charge in [0.05, 0.1) is 27.2 Å². The fourth-order valence-corrected chi connectivity index (χ4v) is 1.98. The maximum Gasteiger partial charge on any atom is 0.270 e. The summed E-state index contributed by atoms with van der Waals surface area (Å²) < 4.78 is 0.